The number of para-hydroxylation sites is 2. The monoisotopic (exact) mass is 391 g/mol. The number of benzene rings is 2. The summed E-state index contributed by atoms with van der Waals surface area (Å²) >= 11 is 0. The van der Waals surface area contributed by atoms with E-state index >= 15 is 0 Å². The van der Waals surface area contributed by atoms with Crippen molar-refractivity contribution in [2.24, 2.45) is 0 Å². The molecule has 0 radical (unpaired) electrons. The second kappa shape index (κ2) is 8.45. The van der Waals surface area contributed by atoms with Crippen LogP contribution >= 0.6 is 0 Å². The summed E-state index contributed by atoms with van der Waals surface area (Å²) in [7, 11) is 0. The summed E-state index contributed by atoms with van der Waals surface area (Å²) in [6, 6.07) is 15.4. The predicted octanol–water partition coefficient (Wildman–Crippen LogP) is 3.86. The van der Waals surface area contributed by atoms with E-state index in [1.54, 1.807) is 0 Å². The van der Waals surface area contributed by atoms with Crippen molar-refractivity contribution in [2.75, 3.05) is 18.4 Å². The van der Waals surface area contributed by atoms with Crippen molar-refractivity contribution >= 4 is 11.6 Å². The van der Waals surface area contributed by atoms with Gasteiger partial charge in [-0.05, 0) is 64.0 Å². The van der Waals surface area contributed by atoms with E-state index in [1.165, 1.54) is 0 Å². The average Bonchev–Trinajstić information content (AvgIpc) is 3.13. The molecule has 7 heteroatoms. The van der Waals surface area contributed by atoms with Crippen LogP contribution in [-0.2, 0) is 0 Å². The topological polar surface area (TPSA) is 81.1 Å². The smallest absolute Gasteiger partial charge is 0.278 e. The summed E-state index contributed by atoms with van der Waals surface area (Å²) in [5, 5.41) is 14.7. The molecule has 1 aliphatic heterocycles. The number of ether oxygens (including phenoxy) is 1. The lowest BCUT2D eigenvalue weighted by atomic mass is 10.1. The van der Waals surface area contributed by atoms with E-state index in [2.05, 4.69) is 20.9 Å². The molecule has 2 heterocycles. The number of aryl methyl sites for hydroxylation is 1. The lowest BCUT2D eigenvalue weighted by Crippen LogP contribution is -2.30. The number of nitrogens with one attached hydrogen (secondary N) is 2. The molecule has 0 atom stereocenters. The molecular formula is C22H25N5O2. The van der Waals surface area contributed by atoms with Crippen LogP contribution in [-0.4, -0.2) is 34.0 Å². The van der Waals surface area contributed by atoms with Crippen molar-refractivity contribution < 1.29 is 9.53 Å². The Morgan fingerprint density at radius 1 is 1.10 bits per heavy atom. The molecule has 0 aliphatic carbocycles. The fourth-order valence-corrected chi connectivity index (χ4v) is 3.52. The zero-order chi connectivity index (χ0) is 20.2. The number of amides is 1. The first kappa shape index (κ1) is 19.1. The molecule has 7 nitrogen and oxygen atoms in total. The molecule has 1 aromatic heterocycles. The average molecular weight is 391 g/mol. The molecule has 3 aromatic rings. The fraction of sp³-hybridized carbons (Fsp3) is 0.318. The molecule has 0 bridgehead atoms. The summed E-state index contributed by atoms with van der Waals surface area (Å²) in [4.78, 5) is 12.9. The number of carbonyl (C=O) groups excluding carboxylic acids is 1. The van der Waals surface area contributed by atoms with Crippen LogP contribution in [0.1, 0.15) is 40.6 Å². The minimum atomic E-state index is -0.289. The van der Waals surface area contributed by atoms with Crippen LogP contribution in [0.2, 0.25) is 0 Å². The van der Waals surface area contributed by atoms with Gasteiger partial charge in [0.2, 0.25) is 0 Å². The summed E-state index contributed by atoms with van der Waals surface area (Å²) in [6.45, 7) is 5.83. The molecule has 2 N–H and O–H groups in total. The number of piperidine rings is 1. The third-order valence-corrected chi connectivity index (χ3v) is 5.18. The molecule has 0 unspecified atom stereocenters. The van der Waals surface area contributed by atoms with E-state index in [0.717, 1.165) is 37.2 Å². The minimum absolute atomic E-state index is 0.280. The Kier molecular flexibility index (Phi) is 5.57. The largest absolute Gasteiger partial charge is 0.455 e. The zero-order valence-electron chi connectivity index (χ0n) is 16.7. The minimum Gasteiger partial charge on any atom is -0.455 e. The van der Waals surface area contributed by atoms with Gasteiger partial charge in [-0.3, -0.25) is 4.79 Å². The van der Waals surface area contributed by atoms with Crippen LogP contribution in [0.4, 0.5) is 5.69 Å². The molecule has 1 fully saturated rings. The van der Waals surface area contributed by atoms with Crippen molar-refractivity contribution in [3.05, 3.63) is 65.5 Å². The number of anilines is 1. The number of carbonyl (C=O) groups is 1. The van der Waals surface area contributed by atoms with Gasteiger partial charge in [0.05, 0.1) is 17.4 Å². The highest BCUT2D eigenvalue weighted by molar-refractivity contribution is 6.04. The van der Waals surface area contributed by atoms with E-state index in [4.69, 9.17) is 4.74 Å². The van der Waals surface area contributed by atoms with Gasteiger partial charge in [-0.1, -0.05) is 35.0 Å². The Balaban J connectivity index is 1.52. The van der Waals surface area contributed by atoms with E-state index in [9.17, 15) is 4.79 Å². The Labute approximate surface area is 170 Å². The van der Waals surface area contributed by atoms with Gasteiger partial charge in [0.25, 0.3) is 5.91 Å². The SMILES string of the molecule is Cc1ccc(Oc2ccccc2NC(=O)c2nnn(C3CCNCC3)c2C)cc1. The van der Waals surface area contributed by atoms with E-state index in [0.29, 0.717) is 22.9 Å². The highest BCUT2D eigenvalue weighted by Gasteiger charge is 2.23. The molecule has 1 aliphatic rings. The number of hydrogen-bond donors (Lipinski definition) is 2. The van der Waals surface area contributed by atoms with Crippen LogP contribution in [0.15, 0.2) is 48.5 Å². The second-order valence-corrected chi connectivity index (χ2v) is 7.31. The molecular weight excluding hydrogens is 366 g/mol. The molecule has 150 valence electrons. The van der Waals surface area contributed by atoms with Gasteiger partial charge in [-0.2, -0.15) is 0 Å². The maximum absolute atomic E-state index is 12.9. The first-order valence-electron chi connectivity index (χ1n) is 9.89. The lowest BCUT2D eigenvalue weighted by molar-refractivity contribution is 0.102. The maximum atomic E-state index is 12.9. The number of hydrogen-bond acceptors (Lipinski definition) is 5. The first-order valence-corrected chi connectivity index (χ1v) is 9.89. The Morgan fingerprint density at radius 2 is 1.83 bits per heavy atom. The van der Waals surface area contributed by atoms with Crippen molar-refractivity contribution in [3.8, 4) is 11.5 Å². The first-order chi connectivity index (χ1) is 14.1. The number of aromatic nitrogens is 3. The third-order valence-electron chi connectivity index (χ3n) is 5.18. The van der Waals surface area contributed by atoms with Gasteiger partial charge in [-0.25, -0.2) is 4.68 Å². The number of nitrogens with zero attached hydrogens (tertiary/aromatic N) is 3. The quantitative estimate of drug-likeness (QED) is 0.690. The van der Waals surface area contributed by atoms with E-state index in [-0.39, 0.29) is 11.9 Å². The van der Waals surface area contributed by atoms with Gasteiger partial charge in [0.1, 0.15) is 5.75 Å². The number of rotatable bonds is 5. The van der Waals surface area contributed by atoms with Gasteiger partial charge in [0.15, 0.2) is 11.4 Å². The molecule has 1 saturated heterocycles. The van der Waals surface area contributed by atoms with Crippen molar-refractivity contribution in [3.63, 3.8) is 0 Å². The molecule has 29 heavy (non-hydrogen) atoms. The van der Waals surface area contributed by atoms with Crippen molar-refractivity contribution in [2.45, 2.75) is 32.7 Å². The van der Waals surface area contributed by atoms with Gasteiger partial charge in [0, 0.05) is 0 Å². The van der Waals surface area contributed by atoms with Gasteiger partial charge in [-0.15, -0.1) is 5.10 Å². The Bertz CT molecular complexity index is 991. The van der Waals surface area contributed by atoms with Crippen LogP contribution in [0, 0.1) is 13.8 Å². The lowest BCUT2D eigenvalue weighted by Gasteiger charge is -2.23. The zero-order valence-corrected chi connectivity index (χ0v) is 16.7. The fourth-order valence-electron chi connectivity index (χ4n) is 3.52. The highest BCUT2D eigenvalue weighted by Crippen LogP contribution is 2.30. The maximum Gasteiger partial charge on any atom is 0.278 e. The molecule has 2 aromatic carbocycles. The normalized spacial score (nSPS) is 14.6. The second-order valence-electron chi connectivity index (χ2n) is 7.31. The molecule has 0 spiro atoms. The highest BCUT2D eigenvalue weighted by atomic mass is 16.5. The van der Waals surface area contributed by atoms with Crippen LogP contribution in [0.25, 0.3) is 0 Å². The summed E-state index contributed by atoms with van der Waals surface area (Å²) < 4.78 is 7.85. The van der Waals surface area contributed by atoms with Crippen molar-refractivity contribution in [1.29, 1.82) is 0 Å². The Morgan fingerprint density at radius 3 is 2.59 bits per heavy atom. The van der Waals surface area contributed by atoms with Crippen LogP contribution < -0.4 is 15.4 Å². The van der Waals surface area contributed by atoms with E-state index in [1.807, 2.05) is 67.1 Å². The summed E-state index contributed by atoms with van der Waals surface area (Å²) in [6.07, 6.45) is 1.97. The van der Waals surface area contributed by atoms with Crippen LogP contribution in [0.5, 0.6) is 11.5 Å². The summed E-state index contributed by atoms with van der Waals surface area (Å²) in [5.41, 5.74) is 2.88. The molecule has 1 amide bonds. The van der Waals surface area contributed by atoms with Gasteiger partial charge < -0.3 is 15.4 Å². The standard InChI is InChI=1S/C22H25N5O2/c1-15-7-9-18(10-8-15)29-20-6-4-3-5-19(20)24-22(28)21-16(2)27(26-25-21)17-11-13-23-14-12-17/h3-10,17,23H,11-14H2,1-2H3,(H,24,28). The predicted molar refractivity (Wildman–Crippen MR) is 112 cm³/mol. The molecule has 0 saturated carbocycles. The van der Waals surface area contributed by atoms with E-state index < -0.39 is 0 Å². The third kappa shape index (κ3) is 4.30. The Hall–Kier alpha value is -3.19. The van der Waals surface area contributed by atoms with Crippen LogP contribution in [0.3, 0.4) is 0 Å². The van der Waals surface area contributed by atoms with Gasteiger partial charge >= 0.3 is 0 Å². The van der Waals surface area contributed by atoms with Crippen molar-refractivity contribution in [1.82, 2.24) is 20.3 Å². The molecule has 4 rings (SSSR count). The summed E-state index contributed by atoms with van der Waals surface area (Å²) in [5.74, 6) is 1.00.